The van der Waals surface area contributed by atoms with Crippen molar-refractivity contribution in [2.75, 3.05) is 6.54 Å². The third-order valence-electron chi connectivity index (χ3n) is 5.01. The smallest absolute Gasteiger partial charge is 0.223 e. The Balaban J connectivity index is 1.92. The second-order valence-electron chi connectivity index (χ2n) is 7.10. The van der Waals surface area contributed by atoms with Crippen molar-refractivity contribution >= 4 is 5.91 Å². The molecule has 2 N–H and O–H groups in total. The first-order valence-corrected chi connectivity index (χ1v) is 8.49. The van der Waals surface area contributed by atoms with Crippen LogP contribution in [0.1, 0.15) is 51.7 Å². The number of nitrogens with one attached hydrogen (secondary N) is 1. The number of hydrogen-bond donors (Lipinski definition) is 2. The minimum absolute atomic E-state index is 0.0896. The Bertz CT molecular complexity index is 472. The lowest BCUT2D eigenvalue weighted by molar-refractivity contribution is -0.129. The highest BCUT2D eigenvalue weighted by molar-refractivity contribution is 5.79. The molecule has 1 aromatic rings. The van der Waals surface area contributed by atoms with Gasteiger partial charge in [-0.25, -0.2) is 0 Å². The molecule has 1 aromatic carbocycles. The van der Waals surface area contributed by atoms with Crippen LogP contribution in [-0.2, 0) is 4.79 Å². The van der Waals surface area contributed by atoms with Crippen LogP contribution in [0.5, 0.6) is 0 Å². The van der Waals surface area contributed by atoms with E-state index in [1.807, 2.05) is 30.3 Å². The van der Waals surface area contributed by atoms with E-state index in [4.69, 9.17) is 0 Å². The summed E-state index contributed by atoms with van der Waals surface area (Å²) in [6.45, 7) is 6.94. The maximum atomic E-state index is 12.6. The first kappa shape index (κ1) is 17.0. The molecule has 0 saturated heterocycles. The summed E-state index contributed by atoms with van der Waals surface area (Å²) in [5.41, 5.74) is 0.847. The molecule has 0 heterocycles. The molecule has 0 radical (unpaired) electrons. The zero-order valence-electron chi connectivity index (χ0n) is 14.0. The Morgan fingerprint density at radius 3 is 2.59 bits per heavy atom. The first-order chi connectivity index (χ1) is 10.5. The average molecular weight is 303 g/mol. The highest BCUT2D eigenvalue weighted by atomic mass is 16.3. The van der Waals surface area contributed by atoms with Crippen LogP contribution in [0.2, 0.25) is 0 Å². The van der Waals surface area contributed by atoms with E-state index in [1.54, 1.807) is 0 Å². The number of aliphatic hydroxyl groups is 1. The summed E-state index contributed by atoms with van der Waals surface area (Å²) in [6, 6.07) is 9.49. The summed E-state index contributed by atoms with van der Waals surface area (Å²) < 4.78 is 0. The number of carbonyl (C=O) groups excluding carboxylic acids is 1. The van der Waals surface area contributed by atoms with Crippen molar-refractivity contribution in [2.45, 2.75) is 46.1 Å². The van der Waals surface area contributed by atoms with Gasteiger partial charge in [0, 0.05) is 12.5 Å². The number of rotatable bonds is 5. The van der Waals surface area contributed by atoms with E-state index in [-0.39, 0.29) is 11.8 Å². The number of benzene rings is 1. The van der Waals surface area contributed by atoms with Gasteiger partial charge in [0.05, 0.1) is 6.10 Å². The molecule has 0 aromatic heterocycles. The van der Waals surface area contributed by atoms with Crippen molar-refractivity contribution in [1.82, 2.24) is 5.32 Å². The van der Waals surface area contributed by atoms with Crippen molar-refractivity contribution in [3.05, 3.63) is 35.9 Å². The molecular formula is C19H29NO2. The summed E-state index contributed by atoms with van der Waals surface area (Å²) in [4.78, 5) is 12.6. The van der Waals surface area contributed by atoms with Gasteiger partial charge in [-0.15, -0.1) is 0 Å². The molecule has 122 valence electrons. The Morgan fingerprint density at radius 1 is 1.27 bits per heavy atom. The minimum atomic E-state index is -0.635. The van der Waals surface area contributed by atoms with Gasteiger partial charge in [0.1, 0.15) is 0 Å². The van der Waals surface area contributed by atoms with Gasteiger partial charge in [-0.1, -0.05) is 57.5 Å². The predicted molar refractivity (Wildman–Crippen MR) is 89.2 cm³/mol. The van der Waals surface area contributed by atoms with Gasteiger partial charge in [0.2, 0.25) is 5.91 Å². The lowest BCUT2D eigenvalue weighted by Crippen LogP contribution is -2.41. The predicted octanol–water partition coefficient (Wildman–Crippen LogP) is 3.54. The molecule has 0 bridgehead atoms. The molecule has 1 amide bonds. The van der Waals surface area contributed by atoms with Crippen LogP contribution in [0, 0.1) is 23.7 Å². The molecule has 3 nitrogen and oxygen atoms in total. The normalized spacial score (nSPS) is 26.7. The van der Waals surface area contributed by atoms with Crippen molar-refractivity contribution in [3.8, 4) is 0 Å². The van der Waals surface area contributed by atoms with Gasteiger partial charge in [-0.2, -0.15) is 0 Å². The third-order valence-corrected chi connectivity index (χ3v) is 5.01. The maximum absolute atomic E-state index is 12.6. The SMILES string of the molecule is CC(C)[C@@H]1CC[C@@H](C)C[C@H]1C(=O)NC[C@@H](O)c1ccccc1. The molecule has 4 atom stereocenters. The molecule has 22 heavy (non-hydrogen) atoms. The van der Waals surface area contributed by atoms with Gasteiger partial charge in [0.25, 0.3) is 0 Å². The molecule has 2 rings (SSSR count). The zero-order chi connectivity index (χ0) is 16.1. The molecule has 0 spiro atoms. The quantitative estimate of drug-likeness (QED) is 0.874. The standard InChI is InChI=1S/C19H29NO2/c1-13(2)16-10-9-14(3)11-17(16)19(22)20-12-18(21)15-7-5-4-6-8-15/h4-8,13-14,16-18,21H,9-12H2,1-3H3,(H,20,22)/t14-,16+,17-,18-/m1/s1. The minimum Gasteiger partial charge on any atom is -0.387 e. The Hall–Kier alpha value is -1.35. The summed E-state index contributed by atoms with van der Waals surface area (Å²) in [5, 5.41) is 13.1. The van der Waals surface area contributed by atoms with Crippen LogP contribution in [0.3, 0.4) is 0 Å². The average Bonchev–Trinajstić information content (AvgIpc) is 2.52. The molecule has 1 fully saturated rings. The first-order valence-electron chi connectivity index (χ1n) is 8.49. The summed E-state index contributed by atoms with van der Waals surface area (Å²) in [7, 11) is 0. The molecule has 1 saturated carbocycles. The Labute approximate surface area is 134 Å². The highest BCUT2D eigenvalue weighted by Crippen LogP contribution is 2.38. The maximum Gasteiger partial charge on any atom is 0.223 e. The van der Waals surface area contributed by atoms with Crippen LogP contribution >= 0.6 is 0 Å². The second-order valence-corrected chi connectivity index (χ2v) is 7.10. The van der Waals surface area contributed by atoms with Crippen molar-refractivity contribution in [2.24, 2.45) is 23.7 Å². The van der Waals surface area contributed by atoms with Crippen molar-refractivity contribution in [3.63, 3.8) is 0 Å². The highest BCUT2D eigenvalue weighted by Gasteiger charge is 2.35. The molecule has 0 unspecified atom stereocenters. The van der Waals surface area contributed by atoms with Crippen LogP contribution in [0.15, 0.2) is 30.3 Å². The van der Waals surface area contributed by atoms with E-state index < -0.39 is 6.10 Å². The molecule has 1 aliphatic rings. The fraction of sp³-hybridized carbons (Fsp3) is 0.632. The van der Waals surface area contributed by atoms with E-state index in [2.05, 4.69) is 26.1 Å². The number of carbonyl (C=O) groups is 1. The summed E-state index contributed by atoms with van der Waals surface area (Å²) in [6.07, 6.45) is 2.69. The van der Waals surface area contributed by atoms with E-state index in [0.717, 1.165) is 18.4 Å². The van der Waals surface area contributed by atoms with Crippen LogP contribution in [0.25, 0.3) is 0 Å². The second kappa shape index (κ2) is 7.77. The van der Waals surface area contributed by atoms with Crippen molar-refractivity contribution < 1.29 is 9.90 Å². The number of aliphatic hydroxyl groups excluding tert-OH is 1. The Kier molecular flexibility index (Phi) is 6.01. The topological polar surface area (TPSA) is 49.3 Å². The van der Waals surface area contributed by atoms with E-state index >= 15 is 0 Å². The zero-order valence-corrected chi connectivity index (χ0v) is 14.0. The fourth-order valence-electron chi connectivity index (χ4n) is 3.63. The molecule has 1 aliphatic carbocycles. The molecular weight excluding hydrogens is 274 g/mol. The summed E-state index contributed by atoms with van der Waals surface area (Å²) >= 11 is 0. The van der Waals surface area contributed by atoms with E-state index in [0.29, 0.717) is 24.3 Å². The van der Waals surface area contributed by atoms with Crippen molar-refractivity contribution in [1.29, 1.82) is 0 Å². The van der Waals surface area contributed by atoms with Gasteiger partial charge < -0.3 is 10.4 Å². The van der Waals surface area contributed by atoms with Crippen LogP contribution < -0.4 is 5.32 Å². The van der Waals surface area contributed by atoms with Gasteiger partial charge in [-0.05, 0) is 36.2 Å². The number of amides is 1. The van der Waals surface area contributed by atoms with Crippen LogP contribution in [0.4, 0.5) is 0 Å². The molecule has 3 heteroatoms. The van der Waals surface area contributed by atoms with Gasteiger partial charge in [-0.3, -0.25) is 4.79 Å². The summed E-state index contributed by atoms with van der Waals surface area (Å²) in [5.74, 6) is 1.81. The lowest BCUT2D eigenvalue weighted by Gasteiger charge is -2.36. The Morgan fingerprint density at radius 2 is 1.95 bits per heavy atom. The third kappa shape index (κ3) is 4.33. The number of hydrogen-bond acceptors (Lipinski definition) is 2. The molecule has 0 aliphatic heterocycles. The fourth-order valence-corrected chi connectivity index (χ4v) is 3.63. The van der Waals surface area contributed by atoms with Gasteiger partial charge >= 0.3 is 0 Å². The van der Waals surface area contributed by atoms with E-state index in [9.17, 15) is 9.90 Å². The monoisotopic (exact) mass is 303 g/mol. The largest absolute Gasteiger partial charge is 0.387 e. The van der Waals surface area contributed by atoms with Gasteiger partial charge in [0.15, 0.2) is 0 Å². The lowest BCUT2D eigenvalue weighted by atomic mass is 9.70. The van der Waals surface area contributed by atoms with Crippen LogP contribution in [-0.4, -0.2) is 17.6 Å². The van der Waals surface area contributed by atoms with E-state index in [1.165, 1.54) is 6.42 Å².